The third-order valence-corrected chi connectivity index (χ3v) is 9.56. The summed E-state index contributed by atoms with van der Waals surface area (Å²) in [6.07, 6.45) is 3.20. The van der Waals surface area contributed by atoms with E-state index < -0.39 is 15.8 Å². The van der Waals surface area contributed by atoms with Crippen molar-refractivity contribution in [2.24, 2.45) is 0 Å². The highest BCUT2D eigenvalue weighted by Gasteiger charge is 2.27. The zero-order valence-corrected chi connectivity index (χ0v) is 23.3. The van der Waals surface area contributed by atoms with Gasteiger partial charge in [-0.2, -0.15) is 14.7 Å². The van der Waals surface area contributed by atoms with E-state index in [0.717, 1.165) is 10.4 Å². The fraction of sp³-hybridized carbons (Fsp3) is 0.133. The van der Waals surface area contributed by atoms with E-state index in [2.05, 4.69) is 4.98 Å². The maximum atomic E-state index is 13.4. The van der Waals surface area contributed by atoms with Crippen LogP contribution in [0.1, 0.15) is 15.4 Å². The summed E-state index contributed by atoms with van der Waals surface area (Å²) in [5.74, 6) is -0.490. The van der Waals surface area contributed by atoms with Crippen molar-refractivity contribution in [1.29, 1.82) is 5.26 Å². The first kappa shape index (κ1) is 26.7. The summed E-state index contributed by atoms with van der Waals surface area (Å²) in [4.78, 5) is 17.9. The molecule has 0 aliphatic carbocycles. The molecule has 1 aliphatic heterocycles. The number of thiazole rings is 1. The fourth-order valence-electron chi connectivity index (χ4n) is 4.56. The van der Waals surface area contributed by atoms with Gasteiger partial charge in [-0.25, -0.2) is 18.1 Å². The minimum atomic E-state index is -3.75. The Morgan fingerprint density at radius 2 is 1.76 bits per heavy atom. The number of ether oxygens (including phenoxy) is 1. The summed E-state index contributed by atoms with van der Waals surface area (Å²) >= 11 is 1.23. The van der Waals surface area contributed by atoms with Crippen LogP contribution in [0.2, 0.25) is 0 Å². The summed E-state index contributed by atoms with van der Waals surface area (Å²) in [7, 11) is -3.75. The van der Waals surface area contributed by atoms with E-state index in [-0.39, 0.29) is 28.6 Å². The minimum absolute atomic E-state index is 0.102. The van der Waals surface area contributed by atoms with Crippen molar-refractivity contribution in [2.75, 3.05) is 26.3 Å². The number of benzene rings is 3. The second kappa shape index (κ2) is 11.2. The molecule has 0 radical (unpaired) electrons. The predicted octanol–water partition coefficient (Wildman–Crippen LogP) is 4.96. The van der Waals surface area contributed by atoms with Crippen LogP contribution in [0.15, 0.2) is 95.5 Å². The molecule has 5 aromatic rings. The van der Waals surface area contributed by atoms with Crippen molar-refractivity contribution in [3.05, 3.63) is 101 Å². The molecule has 0 bridgehead atoms. The Labute approximate surface area is 240 Å². The molecule has 3 aromatic carbocycles. The average molecular weight is 582 g/mol. The van der Waals surface area contributed by atoms with Gasteiger partial charge < -0.3 is 4.74 Å². The number of aromatic nitrogens is 3. The number of hydrogen-bond acceptors (Lipinski definition) is 8. The van der Waals surface area contributed by atoms with Crippen LogP contribution in [0.4, 0.5) is 0 Å². The van der Waals surface area contributed by atoms with Gasteiger partial charge in [-0.3, -0.25) is 4.79 Å². The summed E-state index contributed by atoms with van der Waals surface area (Å²) < 4.78 is 35.9. The molecular weight excluding hydrogens is 558 g/mol. The zero-order chi connectivity index (χ0) is 28.4. The van der Waals surface area contributed by atoms with Gasteiger partial charge in [0.25, 0.3) is 0 Å². The first-order valence-electron chi connectivity index (χ1n) is 12.8. The molecule has 41 heavy (non-hydrogen) atoms. The van der Waals surface area contributed by atoms with E-state index in [9.17, 15) is 18.5 Å². The van der Waals surface area contributed by atoms with Crippen molar-refractivity contribution >= 4 is 43.4 Å². The van der Waals surface area contributed by atoms with Crippen LogP contribution in [0.25, 0.3) is 33.2 Å². The normalized spacial score (nSPS) is 14.7. The van der Waals surface area contributed by atoms with Gasteiger partial charge in [-0.15, -0.1) is 11.3 Å². The molecule has 9 nitrogen and oxygen atoms in total. The molecule has 2 aromatic heterocycles. The lowest BCUT2D eigenvalue weighted by Gasteiger charge is -2.26. The van der Waals surface area contributed by atoms with Crippen LogP contribution in [0.3, 0.4) is 0 Å². The van der Waals surface area contributed by atoms with E-state index in [0.29, 0.717) is 35.6 Å². The largest absolute Gasteiger partial charge is 0.379 e. The molecule has 11 heteroatoms. The molecule has 1 saturated heterocycles. The number of Topliss-reactive ketones (excluding diaryl/α,β-unsaturated/α-hetero) is 1. The second-order valence-corrected chi connectivity index (χ2v) is 12.2. The number of fused-ring (bicyclic) bond motifs is 1. The van der Waals surface area contributed by atoms with Gasteiger partial charge in [-0.1, -0.05) is 42.5 Å². The molecule has 1 aliphatic rings. The first-order valence-corrected chi connectivity index (χ1v) is 15.1. The number of rotatable bonds is 7. The fourth-order valence-corrected chi connectivity index (χ4v) is 6.93. The Kier molecular flexibility index (Phi) is 7.30. The van der Waals surface area contributed by atoms with Gasteiger partial charge in [0.15, 0.2) is 5.01 Å². The topological polar surface area (TPSA) is 118 Å². The monoisotopic (exact) mass is 581 g/mol. The lowest BCUT2D eigenvalue weighted by atomic mass is 10.0. The van der Waals surface area contributed by atoms with E-state index in [1.54, 1.807) is 35.1 Å². The summed E-state index contributed by atoms with van der Waals surface area (Å²) in [6, 6.07) is 25.4. The molecule has 0 atom stereocenters. The number of carbonyl (C=O) groups excluding carboxylic acids is 1. The van der Waals surface area contributed by atoms with Crippen LogP contribution < -0.4 is 0 Å². The highest BCUT2D eigenvalue weighted by atomic mass is 32.2. The lowest BCUT2D eigenvalue weighted by Crippen LogP contribution is -2.40. The molecule has 0 unspecified atom stereocenters. The minimum Gasteiger partial charge on any atom is -0.379 e. The number of nitriles is 1. The highest BCUT2D eigenvalue weighted by Crippen LogP contribution is 2.30. The SMILES string of the molecule is N#CC(=Cc1cn(-c2ccccc2)nc1-c1cccc(S(=O)(=O)N2CCOCC2)c1)C(=O)c1nc2ccccc2s1. The molecular formula is C30H23N5O4S2. The Hall–Kier alpha value is -4.47. The second-order valence-electron chi connectivity index (χ2n) is 9.24. The van der Waals surface area contributed by atoms with E-state index >= 15 is 0 Å². The number of ketones is 1. The number of morpholine rings is 1. The first-order chi connectivity index (χ1) is 19.9. The van der Waals surface area contributed by atoms with Gasteiger partial charge in [-0.05, 0) is 42.5 Å². The number of allylic oxidation sites excluding steroid dienone is 1. The smallest absolute Gasteiger partial charge is 0.243 e. The Bertz CT molecular complexity index is 1900. The number of carbonyl (C=O) groups is 1. The van der Waals surface area contributed by atoms with Crippen LogP contribution in [0.5, 0.6) is 0 Å². The van der Waals surface area contributed by atoms with Gasteiger partial charge >= 0.3 is 0 Å². The number of para-hydroxylation sites is 2. The molecule has 0 spiro atoms. The summed E-state index contributed by atoms with van der Waals surface area (Å²) in [6.45, 7) is 1.25. The number of nitrogens with zero attached hydrogens (tertiary/aromatic N) is 5. The molecule has 3 heterocycles. The van der Waals surface area contributed by atoms with Crippen LogP contribution in [-0.2, 0) is 14.8 Å². The number of hydrogen-bond donors (Lipinski definition) is 0. The molecule has 6 rings (SSSR count). The van der Waals surface area contributed by atoms with Crippen molar-refractivity contribution in [1.82, 2.24) is 19.1 Å². The Morgan fingerprint density at radius 1 is 1.00 bits per heavy atom. The quantitative estimate of drug-likeness (QED) is 0.151. The predicted molar refractivity (Wildman–Crippen MR) is 156 cm³/mol. The third kappa shape index (κ3) is 5.33. The maximum Gasteiger partial charge on any atom is 0.243 e. The third-order valence-electron chi connectivity index (χ3n) is 6.63. The highest BCUT2D eigenvalue weighted by molar-refractivity contribution is 7.89. The van der Waals surface area contributed by atoms with Crippen molar-refractivity contribution < 1.29 is 17.9 Å². The average Bonchev–Trinajstić information content (AvgIpc) is 3.65. The van der Waals surface area contributed by atoms with Crippen LogP contribution >= 0.6 is 11.3 Å². The van der Waals surface area contributed by atoms with Crippen LogP contribution in [-0.4, -0.2) is 59.6 Å². The number of sulfonamides is 1. The van der Waals surface area contributed by atoms with Gasteiger partial charge in [0.05, 0.1) is 34.0 Å². The van der Waals surface area contributed by atoms with E-state index in [1.807, 2.05) is 60.7 Å². The Morgan fingerprint density at radius 3 is 2.51 bits per heavy atom. The molecule has 0 saturated carbocycles. The molecule has 1 fully saturated rings. The molecule has 204 valence electrons. The van der Waals surface area contributed by atoms with Crippen molar-refractivity contribution in [3.8, 4) is 23.0 Å². The van der Waals surface area contributed by atoms with Gasteiger partial charge in [0, 0.05) is 30.4 Å². The van der Waals surface area contributed by atoms with E-state index in [4.69, 9.17) is 9.84 Å². The van der Waals surface area contributed by atoms with Crippen LogP contribution in [0, 0.1) is 11.3 Å². The molecule has 0 amide bonds. The van der Waals surface area contributed by atoms with Crippen molar-refractivity contribution in [3.63, 3.8) is 0 Å². The maximum absolute atomic E-state index is 13.4. The Balaban J connectivity index is 1.44. The summed E-state index contributed by atoms with van der Waals surface area (Å²) in [5.41, 5.74) is 2.80. The lowest BCUT2D eigenvalue weighted by molar-refractivity contribution is 0.0730. The summed E-state index contributed by atoms with van der Waals surface area (Å²) in [5, 5.41) is 15.0. The standard InChI is InChI=1S/C30H23N5O4S2/c31-19-22(29(36)30-32-26-11-4-5-12-27(26)40-30)17-23-20-35(24-8-2-1-3-9-24)33-28(23)21-7-6-10-25(18-21)41(37,38)34-13-15-39-16-14-34/h1-12,17-18,20H,13-16H2. The van der Waals surface area contributed by atoms with E-state index in [1.165, 1.54) is 21.7 Å². The van der Waals surface area contributed by atoms with Gasteiger partial charge in [0.2, 0.25) is 15.8 Å². The van der Waals surface area contributed by atoms with Crippen molar-refractivity contribution in [2.45, 2.75) is 4.90 Å². The molecule has 0 N–H and O–H groups in total. The van der Waals surface area contributed by atoms with Gasteiger partial charge in [0.1, 0.15) is 17.3 Å². The zero-order valence-electron chi connectivity index (χ0n) is 21.7.